The Labute approximate surface area is 106 Å². The molecule has 7 heteroatoms. The van der Waals surface area contributed by atoms with Gasteiger partial charge in [-0.25, -0.2) is 4.79 Å². The summed E-state index contributed by atoms with van der Waals surface area (Å²) in [6, 6.07) is -0.528. The number of primary amides is 1. The SMILES string of the molecule is CC(CO)(CO)NC(=O)C1CCCN(C(N)=O)C1. The van der Waals surface area contributed by atoms with Crippen LogP contribution in [0.5, 0.6) is 0 Å². The van der Waals surface area contributed by atoms with E-state index in [4.69, 9.17) is 15.9 Å². The Morgan fingerprint density at radius 3 is 2.56 bits per heavy atom. The maximum absolute atomic E-state index is 12.0. The fourth-order valence-corrected chi connectivity index (χ4v) is 1.92. The van der Waals surface area contributed by atoms with Crippen molar-refractivity contribution in [2.75, 3.05) is 26.3 Å². The van der Waals surface area contributed by atoms with Crippen molar-refractivity contribution in [3.05, 3.63) is 0 Å². The fourth-order valence-electron chi connectivity index (χ4n) is 1.92. The summed E-state index contributed by atoms with van der Waals surface area (Å²) in [5.41, 5.74) is 4.15. The van der Waals surface area contributed by atoms with Crippen molar-refractivity contribution in [3.8, 4) is 0 Å². The normalized spacial score (nSPS) is 20.6. The summed E-state index contributed by atoms with van der Waals surface area (Å²) in [7, 11) is 0. The first-order valence-electron chi connectivity index (χ1n) is 6.00. The van der Waals surface area contributed by atoms with E-state index in [9.17, 15) is 9.59 Å². The molecule has 0 aromatic rings. The van der Waals surface area contributed by atoms with Gasteiger partial charge in [-0.1, -0.05) is 0 Å². The topological polar surface area (TPSA) is 116 Å². The van der Waals surface area contributed by atoms with E-state index in [1.807, 2.05) is 0 Å². The third-order valence-corrected chi connectivity index (χ3v) is 3.23. The average Bonchev–Trinajstić information content (AvgIpc) is 2.38. The summed E-state index contributed by atoms with van der Waals surface area (Å²) in [6.07, 6.45) is 1.39. The number of nitrogens with zero attached hydrogens (tertiary/aromatic N) is 1. The van der Waals surface area contributed by atoms with Crippen molar-refractivity contribution >= 4 is 11.9 Å². The van der Waals surface area contributed by atoms with Gasteiger partial charge in [-0.15, -0.1) is 0 Å². The van der Waals surface area contributed by atoms with E-state index >= 15 is 0 Å². The van der Waals surface area contributed by atoms with Crippen LogP contribution < -0.4 is 11.1 Å². The summed E-state index contributed by atoms with van der Waals surface area (Å²) in [4.78, 5) is 24.5. The van der Waals surface area contributed by atoms with Gasteiger partial charge in [-0.05, 0) is 19.8 Å². The van der Waals surface area contributed by atoms with E-state index in [1.54, 1.807) is 6.92 Å². The molecule has 1 heterocycles. The van der Waals surface area contributed by atoms with Gasteiger partial charge in [0.15, 0.2) is 0 Å². The van der Waals surface area contributed by atoms with Crippen LogP contribution in [0, 0.1) is 5.92 Å². The minimum Gasteiger partial charge on any atom is -0.394 e. The highest BCUT2D eigenvalue weighted by Gasteiger charge is 2.32. The zero-order valence-electron chi connectivity index (χ0n) is 10.6. The van der Waals surface area contributed by atoms with Crippen LogP contribution in [0.3, 0.4) is 0 Å². The Morgan fingerprint density at radius 1 is 1.44 bits per heavy atom. The predicted octanol–water partition coefficient (Wildman–Crippen LogP) is -1.36. The van der Waals surface area contributed by atoms with Crippen LogP contribution in [0.1, 0.15) is 19.8 Å². The lowest BCUT2D eigenvalue weighted by Gasteiger charge is -2.33. The number of nitrogens with one attached hydrogen (secondary N) is 1. The van der Waals surface area contributed by atoms with Crippen molar-refractivity contribution in [2.24, 2.45) is 11.7 Å². The Balaban J connectivity index is 2.59. The molecule has 0 bridgehead atoms. The van der Waals surface area contributed by atoms with E-state index in [-0.39, 0.29) is 31.6 Å². The number of hydrogen-bond donors (Lipinski definition) is 4. The van der Waals surface area contributed by atoms with E-state index in [2.05, 4.69) is 5.32 Å². The molecule has 0 aromatic heterocycles. The molecule has 1 rings (SSSR count). The number of hydrogen-bond acceptors (Lipinski definition) is 4. The second-order valence-corrected chi connectivity index (χ2v) is 4.99. The number of rotatable bonds is 4. The molecule has 18 heavy (non-hydrogen) atoms. The van der Waals surface area contributed by atoms with Crippen LogP contribution in [-0.2, 0) is 4.79 Å². The molecule has 5 N–H and O–H groups in total. The molecule has 1 aliphatic rings. The Hall–Kier alpha value is -1.34. The molecular weight excluding hydrogens is 238 g/mol. The van der Waals surface area contributed by atoms with Crippen LogP contribution in [0.4, 0.5) is 4.79 Å². The molecule has 104 valence electrons. The van der Waals surface area contributed by atoms with Gasteiger partial charge < -0.3 is 26.2 Å². The molecule has 7 nitrogen and oxygen atoms in total. The van der Waals surface area contributed by atoms with Gasteiger partial charge in [0.2, 0.25) is 5.91 Å². The molecule has 0 spiro atoms. The predicted molar refractivity (Wildman–Crippen MR) is 64.6 cm³/mol. The van der Waals surface area contributed by atoms with Gasteiger partial charge in [0, 0.05) is 13.1 Å². The van der Waals surface area contributed by atoms with Crippen molar-refractivity contribution in [1.29, 1.82) is 0 Å². The highest BCUT2D eigenvalue weighted by Crippen LogP contribution is 2.17. The summed E-state index contributed by atoms with van der Waals surface area (Å²) in [5.74, 6) is -0.616. The Morgan fingerprint density at radius 2 is 2.06 bits per heavy atom. The number of likely N-dealkylation sites (tertiary alicyclic amines) is 1. The largest absolute Gasteiger partial charge is 0.394 e. The number of urea groups is 1. The van der Waals surface area contributed by atoms with Crippen LogP contribution in [0.15, 0.2) is 0 Å². The molecule has 1 aliphatic heterocycles. The molecule has 1 fully saturated rings. The highest BCUT2D eigenvalue weighted by molar-refractivity contribution is 5.81. The number of amides is 3. The highest BCUT2D eigenvalue weighted by atomic mass is 16.3. The number of carbonyl (C=O) groups excluding carboxylic acids is 2. The maximum Gasteiger partial charge on any atom is 0.314 e. The minimum atomic E-state index is -1.04. The third-order valence-electron chi connectivity index (χ3n) is 3.23. The Kier molecular flexibility index (Phi) is 4.92. The van der Waals surface area contributed by atoms with Gasteiger partial charge in [0.1, 0.15) is 0 Å². The first-order chi connectivity index (χ1) is 8.41. The number of nitrogens with two attached hydrogens (primary N) is 1. The monoisotopic (exact) mass is 259 g/mol. The molecule has 1 saturated heterocycles. The second-order valence-electron chi connectivity index (χ2n) is 4.99. The molecule has 1 unspecified atom stereocenters. The first-order valence-corrected chi connectivity index (χ1v) is 6.00. The quantitative estimate of drug-likeness (QED) is 0.499. The van der Waals surface area contributed by atoms with Crippen molar-refractivity contribution in [1.82, 2.24) is 10.2 Å². The van der Waals surface area contributed by atoms with E-state index in [0.717, 1.165) is 6.42 Å². The average molecular weight is 259 g/mol. The van der Waals surface area contributed by atoms with Crippen molar-refractivity contribution < 1.29 is 19.8 Å². The lowest BCUT2D eigenvalue weighted by atomic mass is 9.95. The number of aliphatic hydroxyl groups is 2. The van der Waals surface area contributed by atoms with Crippen LogP contribution in [0.25, 0.3) is 0 Å². The molecule has 3 amide bonds. The van der Waals surface area contributed by atoms with E-state index in [0.29, 0.717) is 13.0 Å². The first kappa shape index (κ1) is 14.7. The standard InChI is InChI=1S/C11H21N3O4/c1-11(6-15,7-16)13-9(17)8-3-2-4-14(5-8)10(12)18/h8,15-16H,2-7H2,1H3,(H2,12,18)(H,13,17). The molecule has 0 aliphatic carbocycles. The van der Waals surface area contributed by atoms with Crippen molar-refractivity contribution in [3.63, 3.8) is 0 Å². The second kappa shape index (κ2) is 6.01. The van der Waals surface area contributed by atoms with Gasteiger partial charge in [0.25, 0.3) is 0 Å². The lowest BCUT2D eigenvalue weighted by Crippen LogP contribution is -2.56. The number of carbonyl (C=O) groups is 2. The van der Waals surface area contributed by atoms with E-state index in [1.165, 1.54) is 4.90 Å². The summed E-state index contributed by atoms with van der Waals surface area (Å²) in [6.45, 7) is 1.72. The van der Waals surface area contributed by atoms with Gasteiger partial charge in [-0.3, -0.25) is 4.79 Å². The molecule has 1 atom stereocenters. The summed E-state index contributed by atoms with van der Waals surface area (Å²) < 4.78 is 0. The third kappa shape index (κ3) is 3.58. The smallest absolute Gasteiger partial charge is 0.314 e. The van der Waals surface area contributed by atoms with Gasteiger partial charge >= 0.3 is 6.03 Å². The lowest BCUT2D eigenvalue weighted by molar-refractivity contribution is -0.129. The van der Waals surface area contributed by atoms with Crippen LogP contribution >= 0.6 is 0 Å². The zero-order valence-corrected chi connectivity index (χ0v) is 10.6. The summed E-state index contributed by atoms with van der Waals surface area (Å²) in [5, 5.41) is 20.8. The Bertz CT molecular complexity index is 317. The fraction of sp³-hybridized carbons (Fsp3) is 0.818. The molecule has 0 radical (unpaired) electrons. The zero-order chi connectivity index (χ0) is 13.8. The summed E-state index contributed by atoms with van der Waals surface area (Å²) >= 11 is 0. The minimum absolute atomic E-state index is 0.272. The van der Waals surface area contributed by atoms with Crippen LogP contribution in [-0.4, -0.2) is 58.9 Å². The maximum atomic E-state index is 12.0. The molecular formula is C11H21N3O4. The van der Waals surface area contributed by atoms with Crippen molar-refractivity contribution in [2.45, 2.75) is 25.3 Å². The molecule has 0 aromatic carbocycles. The number of aliphatic hydroxyl groups excluding tert-OH is 2. The van der Waals surface area contributed by atoms with Crippen LogP contribution in [0.2, 0.25) is 0 Å². The van der Waals surface area contributed by atoms with Gasteiger partial charge in [0.05, 0.1) is 24.7 Å². The number of piperidine rings is 1. The molecule has 0 saturated carbocycles. The van der Waals surface area contributed by atoms with E-state index < -0.39 is 11.6 Å². The van der Waals surface area contributed by atoms with Gasteiger partial charge in [-0.2, -0.15) is 0 Å².